The summed E-state index contributed by atoms with van der Waals surface area (Å²) in [6, 6.07) is 10.4. The Balaban J connectivity index is 1.93. The Labute approximate surface area is 136 Å². The quantitative estimate of drug-likeness (QED) is 0.665. The molecule has 0 atom stereocenters. The Kier molecular flexibility index (Phi) is 3.86. The van der Waals surface area contributed by atoms with E-state index in [1.165, 1.54) is 37.3 Å². The first-order valence-electron chi connectivity index (χ1n) is 6.87. The molecule has 124 valence electrons. The van der Waals surface area contributed by atoms with Crippen molar-refractivity contribution in [2.45, 2.75) is 11.8 Å². The second kappa shape index (κ2) is 5.85. The molecule has 24 heavy (non-hydrogen) atoms. The summed E-state index contributed by atoms with van der Waals surface area (Å²) >= 11 is 0. The van der Waals surface area contributed by atoms with Crippen LogP contribution < -0.4 is 15.8 Å². The van der Waals surface area contributed by atoms with Gasteiger partial charge in [-0.05, 0) is 36.4 Å². The standard InChI is InChI=1S/C15H13N3O5S/c1-9(19)16-10-5-7-11(8-6-10)24(21,22)18-13-4-2-3-12-14(13)23-15(20)17-12/h2-8,18H,1H3,(H,16,19)(H,17,20). The van der Waals surface area contributed by atoms with Crippen molar-refractivity contribution in [3.63, 3.8) is 0 Å². The first-order valence-corrected chi connectivity index (χ1v) is 8.36. The zero-order valence-electron chi connectivity index (χ0n) is 12.5. The molecule has 2 aromatic carbocycles. The highest BCUT2D eigenvalue weighted by Crippen LogP contribution is 2.24. The molecule has 0 bridgehead atoms. The third-order valence-electron chi connectivity index (χ3n) is 3.18. The number of hydrogen-bond donors (Lipinski definition) is 3. The number of oxazole rings is 1. The number of amides is 1. The number of anilines is 2. The molecule has 0 aliphatic carbocycles. The Morgan fingerprint density at radius 2 is 1.83 bits per heavy atom. The maximum absolute atomic E-state index is 12.5. The van der Waals surface area contributed by atoms with Gasteiger partial charge in [-0.1, -0.05) is 6.07 Å². The average Bonchev–Trinajstić information content (AvgIpc) is 2.88. The SMILES string of the molecule is CC(=O)Nc1ccc(S(=O)(=O)Nc2cccc3[nH]c(=O)oc23)cc1. The predicted molar refractivity (Wildman–Crippen MR) is 88.4 cm³/mol. The highest BCUT2D eigenvalue weighted by molar-refractivity contribution is 7.92. The number of benzene rings is 2. The lowest BCUT2D eigenvalue weighted by Crippen LogP contribution is -2.13. The van der Waals surface area contributed by atoms with Crippen LogP contribution in [0.1, 0.15) is 6.92 Å². The average molecular weight is 347 g/mol. The van der Waals surface area contributed by atoms with Gasteiger partial charge in [-0.3, -0.25) is 14.5 Å². The summed E-state index contributed by atoms with van der Waals surface area (Å²) in [5.41, 5.74) is 1.15. The van der Waals surface area contributed by atoms with Crippen LogP contribution in [0.25, 0.3) is 11.1 Å². The molecule has 9 heteroatoms. The van der Waals surface area contributed by atoms with Crippen molar-refractivity contribution in [2.24, 2.45) is 0 Å². The van der Waals surface area contributed by atoms with E-state index >= 15 is 0 Å². The lowest BCUT2D eigenvalue weighted by molar-refractivity contribution is -0.114. The van der Waals surface area contributed by atoms with Crippen molar-refractivity contribution >= 4 is 38.4 Å². The van der Waals surface area contributed by atoms with Gasteiger partial charge in [0.2, 0.25) is 5.91 Å². The fourth-order valence-electron chi connectivity index (χ4n) is 2.18. The molecule has 3 rings (SSSR count). The molecule has 0 unspecified atom stereocenters. The van der Waals surface area contributed by atoms with Gasteiger partial charge in [0.05, 0.1) is 16.1 Å². The van der Waals surface area contributed by atoms with Gasteiger partial charge in [0.1, 0.15) is 0 Å². The number of carbonyl (C=O) groups is 1. The second-order valence-electron chi connectivity index (χ2n) is 5.01. The number of hydrogen-bond acceptors (Lipinski definition) is 5. The number of nitrogens with one attached hydrogen (secondary N) is 3. The van der Waals surface area contributed by atoms with Gasteiger partial charge in [0.25, 0.3) is 10.0 Å². The number of sulfonamides is 1. The fraction of sp³-hybridized carbons (Fsp3) is 0.0667. The summed E-state index contributed by atoms with van der Waals surface area (Å²) < 4.78 is 32.3. The monoisotopic (exact) mass is 347 g/mol. The van der Waals surface area contributed by atoms with Gasteiger partial charge >= 0.3 is 5.76 Å². The Morgan fingerprint density at radius 3 is 2.50 bits per heavy atom. The molecule has 0 aliphatic heterocycles. The van der Waals surface area contributed by atoms with Crippen LogP contribution in [0.5, 0.6) is 0 Å². The second-order valence-corrected chi connectivity index (χ2v) is 6.69. The largest absolute Gasteiger partial charge is 0.417 e. The van der Waals surface area contributed by atoms with E-state index in [0.717, 1.165) is 0 Å². The highest BCUT2D eigenvalue weighted by atomic mass is 32.2. The van der Waals surface area contributed by atoms with E-state index in [-0.39, 0.29) is 22.1 Å². The molecule has 1 amide bonds. The zero-order valence-corrected chi connectivity index (χ0v) is 13.3. The van der Waals surface area contributed by atoms with Crippen molar-refractivity contribution in [1.82, 2.24) is 4.98 Å². The van der Waals surface area contributed by atoms with Crippen LogP contribution in [0.3, 0.4) is 0 Å². The number of aromatic amines is 1. The Hall–Kier alpha value is -3.07. The fourth-order valence-corrected chi connectivity index (χ4v) is 3.24. The number of aromatic nitrogens is 1. The normalized spacial score (nSPS) is 11.4. The minimum Gasteiger partial charge on any atom is -0.406 e. The van der Waals surface area contributed by atoms with Crippen LogP contribution >= 0.6 is 0 Å². The number of fused-ring (bicyclic) bond motifs is 1. The van der Waals surface area contributed by atoms with Gasteiger partial charge in [-0.25, -0.2) is 13.2 Å². The first-order chi connectivity index (χ1) is 11.3. The summed E-state index contributed by atoms with van der Waals surface area (Å²) in [6.07, 6.45) is 0. The topological polar surface area (TPSA) is 121 Å². The van der Waals surface area contributed by atoms with Gasteiger partial charge in [0, 0.05) is 12.6 Å². The Bertz CT molecular complexity index is 1060. The molecule has 8 nitrogen and oxygen atoms in total. The lowest BCUT2D eigenvalue weighted by Gasteiger charge is -2.09. The van der Waals surface area contributed by atoms with Gasteiger partial charge in [-0.2, -0.15) is 0 Å². The molecule has 0 spiro atoms. The maximum Gasteiger partial charge on any atom is 0.417 e. The van der Waals surface area contributed by atoms with Gasteiger partial charge in [0.15, 0.2) is 5.58 Å². The first kappa shape index (κ1) is 15.8. The van der Waals surface area contributed by atoms with Crippen LogP contribution in [0.15, 0.2) is 56.6 Å². The summed E-state index contributed by atoms with van der Waals surface area (Å²) in [5.74, 6) is -0.922. The third-order valence-corrected chi connectivity index (χ3v) is 4.56. The van der Waals surface area contributed by atoms with Crippen molar-refractivity contribution in [3.8, 4) is 0 Å². The van der Waals surface area contributed by atoms with E-state index in [1.54, 1.807) is 12.1 Å². The number of carbonyl (C=O) groups excluding carboxylic acids is 1. The molecule has 0 fully saturated rings. The lowest BCUT2D eigenvalue weighted by atomic mass is 10.3. The van der Waals surface area contributed by atoms with Crippen LogP contribution in [-0.2, 0) is 14.8 Å². The van der Waals surface area contributed by atoms with E-state index in [2.05, 4.69) is 15.0 Å². The summed E-state index contributed by atoms with van der Waals surface area (Å²) in [5, 5.41) is 2.55. The summed E-state index contributed by atoms with van der Waals surface area (Å²) in [6.45, 7) is 1.36. The predicted octanol–water partition coefficient (Wildman–Crippen LogP) is 1.88. The van der Waals surface area contributed by atoms with Crippen LogP contribution in [0.2, 0.25) is 0 Å². The van der Waals surface area contributed by atoms with Crippen molar-refractivity contribution < 1.29 is 17.6 Å². The molecular formula is C15H13N3O5S. The van der Waals surface area contributed by atoms with Gasteiger partial charge in [-0.15, -0.1) is 0 Å². The number of H-pyrrole nitrogens is 1. The van der Waals surface area contributed by atoms with E-state index in [4.69, 9.17) is 4.42 Å². The zero-order chi connectivity index (χ0) is 17.3. The number of para-hydroxylation sites is 1. The number of rotatable bonds is 4. The van der Waals surface area contributed by atoms with Crippen LogP contribution in [-0.4, -0.2) is 19.3 Å². The van der Waals surface area contributed by atoms with E-state index in [1.807, 2.05) is 0 Å². The molecule has 3 N–H and O–H groups in total. The molecule has 0 aliphatic rings. The van der Waals surface area contributed by atoms with Crippen LogP contribution in [0, 0.1) is 0 Å². The maximum atomic E-state index is 12.5. The van der Waals surface area contributed by atoms with E-state index in [9.17, 15) is 18.0 Å². The minimum atomic E-state index is -3.88. The highest BCUT2D eigenvalue weighted by Gasteiger charge is 2.17. The molecule has 0 saturated heterocycles. The molecule has 3 aromatic rings. The van der Waals surface area contributed by atoms with Crippen molar-refractivity contribution in [1.29, 1.82) is 0 Å². The third kappa shape index (κ3) is 3.15. The van der Waals surface area contributed by atoms with Crippen LogP contribution in [0.4, 0.5) is 11.4 Å². The van der Waals surface area contributed by atoms with E-state index in [0.29, 0.717) is 11.2 Å². The summed E-state index contributed by atoms with van der Waals surface area (Å²) in [7, 11) is -3.88. The minimum absolute atomic E-state index is 0.00601. The van der Waals surface area contributed by atoms with Crippen molar-refractivity contribution in [2.75, 3.05) is 10.0 Å². The van der Waals surface area contributed by atoms with E-state index < -0.39 is 15.8 Å². The smallest absolute Gasteiger partial charge is 0.406 e. The summed E-state index contributed by atoms with van der Waals surface area (Å²) in [4.78, 5) is 24.7. The molecule has 0 radical (unpaired) electrons. The van der Waals surface area contributed by atoms with Gasteiger partial charge < -0.3 is 9.73 Å². The Morgan fingerprint density at radius 1 is 1.12 bits per heavy atom. The van der Waals surface area contributed by atoms with Crippen molar-refractivity contribution in [3.05, 3.63) is 53.0 Å². The molecule has 1 aromatic heterocycles. The molecule has 0 saturated carbocycles. The molecule has 1 heterocycles. The molecular weight excluding hydrogens is 334 g/mol.